The fourth-order valence-corrected chi connectivity index (χ4v) is 1.76. The maximum absolute atomic E-state index is 12.6. The highest BCUT2D eigenvalue weighted by Gasteiger charge is 2.30. The molecule has 1 aromatic heterocycles. The van der Waals surface area contributed by atoms with Gasteiger partial charge < -0.3 is 4.74 Å². The molecule has 0 N–H and O–H groups in total. The summed E-state index contributed by atoms with van der Waals surface area (Å²) in [5.74, 6) is 0.629. The van der Waals surface area contributed by atoms with Crippen LogP contribution in [-0.2, 0) is 6.18 Å². The first-order valence-electron chi connectivity index (χ1n) is 6.15. The molecule has 0 spiro atoms. The molecule has 0 saturated carbocycles. The minimum atomic E-state index is -4.42. The smallest absolute Gasteiger partial charge is 0.416 e. The molecule has 7 heteroatoms. The molecule has 21 heavy (non-hydrogen) atoms. The van der Waals surface area contributed by atoms with Gasteiger partial charge in [0.25, 0.3) is 0 Å². The van der Waals surface area contributed by atoms with Crippen molar-refractivity contribution in [1.82, 2.24) is 9.97 Å². The Morgan fingerprint density at radius 2 is 1.86 bits per heavy atom. The van der Waals surface area contributed by atoms with Gasteiger partial charge in [-0.1, -0.05) is 31.5 Å². The number of nitrogens with zero attached hydrogens (tertiary/aromatic N) is 2. The number of ether oxygens (including phenoxy) is 1. The fraction of sp³-hybridized carbons (Fsp3) is 0.286. The highest BCUT2D eigenvalue weighted by molar-refractivity contribution is 6.29. The van der Waals surface area contributed by atoms with E-state index in [0.717, 1.165) is 12.1 Å². The first-order chi connectivity index (χ1) is 9.75. The number of aromatic nitrogens is 2. The van der Waals surface area contributed by atoms with Crippen molar-refractivity contribution in [2.75, 3.05) is 0 Å². The van der Waals surface area contributed by atoms with Crippen molar-refractivity contribution in [2.45, 2.75) is 25.9 Å². The summed E-state index contributed by atoms with van der Waals surface area (Å²) in [6.07, 6.45) is -4.42. The quantitative estimate of drug-likeness (QED) is 0.742. The lowest BCUT2D eigenvalue weighted by Gasteiger charge is -2.11. The van der Waals surface area contributed by atoms with Crippen molar-refractivity contribution in [3.63, 3.8) is 0 Å². The molecular weight excluding hydrogens is 305 g/mol. The molecule has 112 valence electrons. The second kappa shape index (κ2) is 5.89. The first-order valence-corrected chi connectivity index (χ1v) is 6.53. The molecule has 0 radical (unpaired) electrons. The van der Waals surface area contributed by atoms with Gasteiger partial charge in [-0.3, -0.25) is 0 Å². The number of hydrogen-bond donors (Lipinski definition) is 0. The number of rotatable bonds is 3. The van der Waals surface area contributed by atoms with Crippen LogP contribution in [0, 0.1) is 0 Å². The molecule has 0 amide bonds. The molecule has 1 aromatic carbocycles. The SMILES string of the molecule is CC(C)c1nc(Cl)cc(Oc2cccc(C(F)(F)F)c2)n1. The van der Waals surface area contributed by atoms with Crippen molar-refractivity contribution in [3.05, 3.63) is 46.9 Å². The Balaban J connectivity index is 2.30. The minimum absolute atomic E-state index is 0.0209. The molecule has 0 atom stereocenters. The summed E-state index contributed by atoms with van der Waals surface area (Å²) < 4.78 is 43.3. The van der Waals surface area contributed by atoms with Gasteiger partial charge in [-0.15, -0.1) is 0 Å². The summed E-state index contributed by atoms with van der Waals surface area (Å²) in [6, 6.07) is 5.92. The summed E-state index contributed by atoms with van der Waals surface area (Å²) in [5.41, 5.74) is -0.788. The second-order valence-corrected chi connectivity index (χ2v) is 5.06. The number of benzene rings is 1. The molecule has 0 aliphatic carbocycles. The average molecular weight is 317 g/mol. The van der Waals surface area contributed by atoms with Crippen molar-refractivity contribution in [1.29, 1.82) is 0 Å². The predicted octanol–water partition coefficient (Wildman–Crippen LogP) is 5.06. The number of hydrogen-bond acceptors (Lipinski definition) is 3. The Hall–Kier alpha value is -1.82. The van der Waals surface area contributed by atoms with Gasteiger partial charge in [-0.2, -0.15) is 18.2 Å². The van der Waals surface area contributed by atoms with Gasteiger partial charge in [0, 0.05) is 12.0 Å². The third kappa shape index (κ3) is 4.07. The van der Waals surface area contributed by atoms with Gasteiger partial charge in [-0.25, -0.2) is 4.98 Å². The van der Waals surface area contributed by atoms with Crippen molar-refractivity contribution >= 4 is 11.6 Å². The van der Waals surface area contributed by atoms with E-state index in [4.69, 9.17) is 16.3 Å². The number of alkyl halides is 3. The molecule has 0 unspecified atom stereocenters. The van der Waals surface area contributed by atoms with E-state index < -0.39 is 11.7 Å². The van der Waals surface area contributed by atoms with Crippen molar-refractivity contribution in [3.8, 4) is 11.6 Å². The van der Waals surface area contributed by atoms with Crippen LogP contribution in [-0.4, -0.2) is 9.97 Å². The average Bonchev–Trinajstić information content (AvgIpc) is 2.37. The Morgan fingerprint density at radius 3 is 2.48 bits per heavy atom. The molecule has 0 fully saturated rings. The predicted molar refractivity (Wildman–Crippen MR) is 72.6 cm³/mol. The normalized spacial score (nSPS) is 11.8. The summed E-state index contributed by atoms with van der Waals surface area (Å²) in [7, 11) is 0. The van der Waals surface area contributed by atoms with Crippen LogP contribution >= 0.6 is 11.6 Å². The molecule has 0 bridgehead atoms. The molecule has 2 rings (SSSR count). The Labute approximate surface area is 124 Å². The Kier molecular flexibility index (Phi) is 4.37. The lowest BCUT2D eigenvalue weighted by molar-refractivity contribution is -0.137. The van der Waals surface area contributed by atoms with E-state index >= 15 is 0 Å². The fourth-order valence-electron chi connectivity index (χ4n) is 1.58. The van der Waals surface area contributed by atoms with Crippen LogP contribution in [0.3, 0.4) is 0 Å². The summed E-state index contributed by atoms with van der Waals surface area (Å²) >= 11 is 5.85. The van der Waals surface area contributed by atoms with Crippen LogP contribution < -0.4 is 4.74 Å². The first kappa shape index (κ1) is 15.6. The molecule has 0 saturated heterocycles. The maximum Gasteiger partial charge on any atom is 0.416 e. The van der Waals surface area contributed by atoms with Crippen molar-refractivity contribution in [2.24, 2.45) is 0 Å². The molecule has 1 heterocycles. The second-order valence-electron chi connectivity index (χ2n) is 4.67. The van der Waals surface area contributed by atoms with Crippen LogP contribution in [0.1, 0.15) is 31.2 Å². The van der Waals surface area contributed by atoms with Crippen LogP contribution in [0.2, 0.25) is 5.15 Å². The summed E-state index contributed by atoms with van der Waals surface area (Å²) in [4.78, 5) is 8.15. The van der Waals surface area contributed by atoms with Gasteiger partial charge >= 0.3 is 6.18 Å². The van der Waals surface area contributed by atoms with E-state index in [1.54, 1.807) is 0 Å². The van der Waals surface area contributed by atoms with Gasteiger partial charge in [0.05, 0.1) is 5.56 Å². The van der Waals surface area contributed by atoms with Gasteiger partial charge in [0.15, 0.2) is 0 Å². The third-order valence-corrected chi connectivity index (χ3v) is 2.78. The maximum atomic E-state index is 12.6. The lowest BCUT2D eigenvalue weighted by Crippen LogP contribution is -2.05. The third-order valence-electron chi connectivity index (χ3n) is 2.59. The zero-order valence-electron chi connectivity index (χ0n) is 11.3. The van der Waals surface area contributed by atoms with E-state index in [9.17, 15) is 13.2 Å². The zero-order valence-corrected chi connectivity index (χ0v) is 12.0. The minimum Gasteiger partial charge on any atom is -0.439 e. The van der Waals surface area contributed by atoms with Crippen molar-refractivity contribution < 1.29 is 17.9 Å². The van der Waals surface area contributed by atoms with Crippen LogP contribution in [0.25, 0.3) is 0 Å². The Bertz CT molecular complexity index is 644. The van der Waals surface area contributed by atoms with Gasteiger partial charge in [-0.05, 0) is 18.2 Å². The summed E-state index contributed by atoms with van der Waals surface area (Å²) in [6.45, 7) is 3.75. The zero-order chi connectivity index (χ0) is 15.6. The van der Waals surface area contributed by atoms with E-state index in [1.807, 2.05) is 13.8 Å². The number of halogens is 4. The highest BCUT2D eigenvalue weighted by Crippen LogP contribution is 2.32. The standard InChI is InChI=1S/C14H12ClF3N2O/c1-8(2)13-19-11(15)7-12(20-13)21-10-5-3-4-9(6-10)14(16,17)18/h3-8H,1-2H3. The topological polar surface area (TPSA) is 35.0 Å². The van der Waals surface area contributed by atoms with E-state index in [-0.39, 0.29) is 22.7 Å². The summed E-state index contributed by atoms with van der Waals surface area (Å²) in [5, 5.41) is 0.177. The van der Waals surface area contributed by atoms with Crippen LogP contribution in [0.4, 0.5) is 13.2 Å². The van der Waals surface area contributed by atoms with Gasteiger partial charge in [0.1, 0.15) is 16.7 Å². The van der Waals surface area contributed by atoms with E-state index in [0.29, 0.717) is 5.82 Å². The molecule has 0 aliphatic heterocycles. The van der Waals surface area contributed by atoms with Gasteiger partial charge in [0.2, 0.25) is 5.88 Å². The Morgan fingerprint density at radius 1 is 1.14 bits per heavy atom. The molecular formula is C14H12ClF3N2O. The monoisotopic (exact) mass is 316 g/mol. The van der Waals surface area contributed by atoms with Crippen LogP contribution in [0.5, 0.6) is 11.6 Å². The molecule has 0 aliphatic rings. The highest BCUT2D eigenvalue weighted by atomic mass is 35.5. The molecule has 2 aromatic rings. The van der Waals surface area contributed by atoms with E-state index in [1.165, 1.54) is 18.2 Å². The van der Waals surface area contributed by atoms with Crippen LogP contribution in [0.15, 0.2) is 30.3 Å². The largest absolute Gasteiger partial charge is 0.439 e. The van der Waals surface area contributed by atoms with E-state index in [2.05, 4.69) is 9.97 Å². The lowest BCUT2D eigenvalue weighted by atomic mass is 10.2. The molecule has 3 nitrogen and oxygen atoms in total.